The van der Waals surface area contributed by atoms with Crippen molar-refractivity contribution in [1.82, 2.24) is 0 Å². The smallest absolute Gasteiger partial charge is 0.231 e. The van der Waals surface area contributed by atoms with Gasteiger partial charge in [0.2, 0.25) is 15.9 Å². The average Bonchev–Trinajstić information content (AvgIpc) is 2.54. The number of carbonyl (C=O) groups excluding carboxylic acids is 1. The minimum absolute atomic E-state index is 0.140. The Morgan fingerprint density at radius 1 is 1.08 bits per heavy atom. The molecule has 0 bridgehead atoms. The molecule has 0 unspecified atom stereocenters. The van der Waals surface area contributed by atoms with Gasteiger partial charge in [-0.2, -0.15) is 0 Å². The second-order valence-corrected chi connectivity index (χ2v) is 7.69. The van der Waals surface area contributed by atoms with E-state index in [9.17, 15) is 13.2 Å². The number of sulfonamides is 1. The SMILES string of the molecule is CCc1ccc(CC(=O)Nc2cccc(N(C)S(C)(=O)=O)c2)cc1. The molecule has 0 aromatic heterocycles. The minimum atomic E-state index is -3.34. The molecular formula is C18H22N2O3S. The summed E-state index contributed by atoms with van der Waals surface area (Å²) in [6.07, 6.45) is 2.38. The summed E-state index contributed by atoms with van der Waals surface area (Å²) in [5, 5.41) is 2.81. The fraction of sp³-hybridized carbons (Fsp3) is 0.278. The first-order valence-electron chi connectivity index (χ1n) is 7.71. The zero-order valence-electron chi connectivity index (χ0n) is 14.1. The molecule has 0 aliphatic carbocycles. The number of hydrogen-bond acceptors (Lipinski definition) is 3. The van der Waals surface area contributed by atoms with Crippen molar-refractivity contribution in [1.29, 1.82) is 0 Å². The van der Waals surface area contributed by atoms with E-state index >= 15 is 0 Å². The molecule has 0 fully saturated rings. The Kier molecular flexibility index (Phi) is 5.62. The van der Waals surface area contributed by atoms with Crippen molar-refractivity contribution in [2.24, 2.45) is 0 Å². The highest BCUT2D eigenvalue weighted by Crippen LogP contribution is 2.20. The number of amides is 1. The van der Waals surface area contributed by atoms with Crippen LogP contribution in [0.4, 0.5) is 11.4 Å². The molecule has 2 aromatic carbocycles. The number of benzene rings is 2. The van der Waals surface area contributed by atoms with Gasteiger partial charge in [-0.25, -0.2) is 8.42 Å². The molecule has 1 N–H and O–H groups in total. The summed E-state index contributed by atoms with van der Waals surface area (Å²) in [5.74, 6) is -0.140. The first-order chi connectivity index (χ1) is 11.3. The van der Waals surface area contributed by atoms with Crippen LogP contribution in [0, 0.1) is 0 Å². The number of aryl methyl sites for hydroxylation is 1. The van der Waals surface area contributed by atoms with E-state index in [0.717, 1.165) is 18.2 Å². The monoisotopic (exact) mass is 346 g/mol. The number of anilines is 2. The maximum Gasteiger partial charge on any atom is 0.231 e. The highest BCUT2D eigenvalue weighted by molar-refractivity contribution is 7.92. The van der Waals surface area contributed by atoms with Crippen LogP contribution in [0.3, 0.4) is 0 Å². The molecule has 0 spiro atoms. The predicted octanol–water partition coefficient (Wildman–Crippen LogP) is 2.83. The van der Waals surface area contributed by atoms with Crippen molar-refractivity contribution in [2.45, 2.75) is 19.8 Å². The van der Waals surface area contributed by atoms with Crippen molar-refractivity contribution in [3.8, 4) is 0 Å². The van der Waals surface area contributed by atoms with Crippen molar-refractivity contribution in [3.05, 3.63) is 59.7 Å². The molecule has 0 radical (unpaired) electrons. The van der Waals surface area contributed by atoms with Crippen molar-refractivity contribution >= 4 is 27.3 Å². The maximum absolute atomic E-state index is 12.2. The fourth-order valence-corrected chi connectivity index (χ4v) is 2.75. The zero-order chi connectivity index (χ0) is 17.7. The summed E-state index contributed by atoms with van der Waals surface area (Å²) in [4.78, 5) is 12.2. The van der Waals surface area contributed by atoms with Gasteiger partial charge in [0.1, 0.15) is 0 Å². The lowest BCUT2D eigenvalue weighted by Crippen LogP contribution is -2.25. The quantitative estimate of drug-likeness (QED) is 0.874. The van der Waals surface area contributed by atoms with E-state index in [2.05, 4.69) is 12.2 Å². The average molecular weight is 346 g/mol. The van der Waals surface area contributed by atoms with Gasteiger partial charge in [-0.1, -0.05) is 37.3 Å². The van der Waals surface area contributed by atoms with Crippen LogP contribution >= 0.6 is 0 Å². The maximum atomic E-state index is 12.2. The normalized spacial score (nSPS) is 11.1. The van der Waals surface area contributed by atoms with Crippen LogP contribution < -0.4 is 9.62 Å². The van der Waals surface area contributed by atoms with Crippen molar-refractivity contribution in [3.63, 3.8) is 0 Å². The fourth-order valence-electron chi connectivity index (χ4n) is 2.25. The van der Waals surface area contributed by atoms with E-state index in [1.165, 1.54) is 16.9 Å². The predicted molar refractivity (Wildman–Crippen MR) is 97.8 cm³/mol. The Bertz CT molecular complexity index is 814. The first kappa shape index (κ1) is 18.0. The van der Waals surface area contributed by atoms with Gasteiger partial charge in [0.25, 0.3) is 0 Å². The number of rotatable bonds is 6. The van der Waals surface area contributed by atoms with E-state index in [0.29, 0.717) is 11.4 Å². The summed E-state index contributed by atoms with van der Waals surface area (Å²) in [6.45, 7) is 2.09. The summed E-state index contributed by atoms with van der Waals surface area (Å²) in [5.41, 5.74) is 3.24. The van der Waals surface area contributed by atoms with E-state index in [-0.39, 0.29) is 12.3 Å². The van der Waals surface area contributed by atoms with Crippen molar-refractivity contribution < 1.29 is 13.2 Å². The minimum Gasteiger partial charge on any atom is -0.326 e. The Morgan fingerprint density at radius 3 is 2.29 bits per heavy atom. The van der Waals surface area contributed by atoms with Crippen LogP contribution in [0.25, 0.3) is 0 Å². The summed E-state index contributed by atoms with van der Waals surface area (Å²) < 4.78 is 24.4. The molecule has 1 amide bonds. The highest BCUT2D eigenvalue weighted by atomic mass is 32.2. The molecule has 24 heavy (non-hydrogen) atoms. The van der Waals surface area contributed by atoms with Crippen LogP contribution in [0.5, 0.6) is 0 Å². The number of carbonyl (C=O) groups is 1. The van der Waals surface area contributed by atoms with Gasteiger partial charge in [-0.15, -0.1) is 0 Å². The molecule has 0 heterocycles. The molecule has 0 aliphatic heterocycles. The first-order valence-corrected chi connectivity index (χ1v) is 9.56. The van der Waals surface area contributed by atoms with Crippen LogP contribution in [0.2, 0.25) is 0 Å². The second kappa shape index (κ2) is 7.49. The molecular weight excluding hydrogens is 324 g/mol. The van der Waals surface area contributed by atoms with Gasteiger partial charge >= 0.3 is 0 Å². The van der Waals surface area contributed by atoms with Crippen LogP contribution in [0.15, 0.2) is 48.5 Å². The van der Waals surface area contributed by atoms with E-state index < -0.39 is 10.0 Å². The number of nitrogens with zero attached hydrogens (tertiary/aromatic N) is 1. The molecule has 6 heteroatoms. The molecule has 0 saturated carbocycles. The molecule has 0 saturated heterocycles. The Labute approximate surface area is 143 Å². The molecule has 0 aliphatic rings. The third-order valence-corrected chi connectivity index (χ3v) is 4.99. The molecule has 0 atom stereocenters. The Hall–Kier alpha value is -2.34. The zero-order valence-corrected chi connectivity index (χ0v) is 14.9. The largest absolute Gasteiger partial charge is 0.326 e. The van der Waals surface area contributed by atoms with E-state index in [1.54, 1.807) is 24.3 Å². The standard InChI is InChI=1S/C18H22N2O3S/c1-4-14-8-10-15(11-9-14)12-18(21)19-16-6-5-7-17(13-16)20(2)24(3,22)23/h5-11,13H,4,12H2,1-3H3,(H,19,21). The van der Waals surface area contributed by atoms with Gasteiger partial charge in [-0.3, -0.25) is 9.10 Å². The van der Waals surface area contributed by atoms with Crippen LogP contribution in [0.1, 0.15) is 18.1 Å². The third-order valence-electron chi connectivity index (χ3n) is 3.79. The number of hydrogen-bond donors (Lipinski definition) is 1. The van der Waals surface area contributed by atoms with Gasteiger partial charge in [0.05, 0.1) is 18.4 Å². The van der Waals surface area contributed by atoms with Crippen molar-refractivity contribution in [2.75, 3.05) is 22.9 Å². The van der Waals surface area contributed by atoms with Gasteiger partial charge < -0.3 is 5.32 Å². The Balaban J connectivity index is 2.06. The summed E-state index contributed by atoms with van der Waals surface area (Å²) in [7, 11) is -1.86. The third kappa shape index (κ3) is 4.83. The lowest BCUT2D eigenvalue weighted by Gasteiger charge is -2.17. The van der Waals surface area contributed by atoms with E-state index in [4.69, 9.17) is 0 Å². The lowest BCUT2D eigenvalue weighted by atomic mass is 10.1. The molecule has 5 nitrogen and oxygen atoms in total. The van der Waals surface area contributed by atoms with E-state index in [1.807, 2.05) is 24.3 Å². The lowest BCUT2D eigenvalue weighted by molar-refractivity contribution is -0.115. The summed E-state index contributed by atoms with van der Waals surface area (Å²) >= 11 is 0. The van der Waals surface area contributed by atoms with Gasteiger partial charge in [-0.05, 0) is 35.7 Å². The second-order valence-electron chi connectivity index (χ2n) is 5.68. The van der Waals surface area contributed by atoms with Crippen LogP contribution in [-0.4, -0.2) is 27.6 Å². The Morgan fingerprint density at radius 2 is 1.71 bits per heavy atom. The van der Waals surface area contributed by atoms with Gasteiger partial charge in [0.15, 0.2) is 0 Å². The molecule has 128 valence electrons. The number of nitrogens with one attached hydrogen (secondary N) is 1. The van der Waals surface area contributed by atoms with Gasteiger partial charge in [0, 0.05) is 12.7 Å². The molecule has 2 rings (SSSR count). The summed E-state index contributed by atoms with van der Waals surface area (Å²) in [6, 6.07) is 14.7. The highest BCUT2D eigenvalue weighted by Gasteiger charge is 2.12. The topological polar surface area (TPSA) is 66.5 Å². The molecule has 2 aromatic rings. The van der Waals surface area contributed by atoms with Crippen LogP contribution in [-0.2, 0) is 27.7 Å².